The van der Waals surface area contributed by atoms with E-state index in [-0.39, 0.29) is 10.7 Å². The molecule has 0 amide bonds. The Labute approximate surface area is 111 Å². The lowest BCUT2D eigenvalue weighted by atomic mass is 10.2. The fourth-order valence-corrected chi connectivity index (χ4v) is 1.64. The second-order valence-electron chi connectivity index (χ2n) is 3.65. The molecule has 0 N–H and O–H groups in total. The standard InChI is InChI=1S/C12H16ClNO4/c1-3-5-6-18-11-8-9(14(15)16)7-10(13)12(11)17-4-2/h7-8H,3-6H2,1-2H3. The molecule has 0 aliphatic carbocycles. The highest BCUT2D eigenvalue weighted by molar-refractivity contribution is 6.32. The quantitative estimate of drug-likeness (QED) is 0.430. The Morgan fingerprint density at radius 1 is 1.33 bits per heavy atom. The van der Waals surface area contributed by atoms with Crippen LogP contribution in [0.4, 0.5) is 5.69 Å². The first-order valence-electron chi connectivity index (χ1n) is 5.83. The predicted molar refractivity (Wildman–Crippen MR) is 69.7 cm³/mol. The van der Waals surface area contributed by atoms with Gasteiger partial charge in [0.05, 0.1) is 29.2 Å². The minimum absolute atomic E-state index is 0.102. The normalized spacial score (nSPS) is 10.2. The summed E-state index contributed by atoms with van der Waals surface area (Å²) < 4.78 is 10.8. The van der Waals surface area contributed by atoms with E-state index in [2.05, 4.69) is 0 Å². The lowest BCUT2D eigenvalue weighted by Crippen LogP contribution is -2.02. The summed E-state index contributed by atoms with van der Waals surface area (Å²) in [7, 11) is 0. The number of halogens is 1. The summed E-state index contributed by atoms with van der Waals surface area (Å²) >= 11 is 5.96. The second kappa shape index (κ2) is 7.06. The molecule has 0 saturated heterocycles. The van der Waals surface area contributed by atoms with Crippen LogP contribution in [0.2, 0.25) is 5.02 Å². The molecule has 0 heterocycles. The molecular formula is C12H16ClNO4. The van der Waals surface area contributed by atoms with Crippen molar-refractivity contribution in [1.82, 2.24) is 0 Å². The Morgan fingerprint density at radius 3 is 2.61 bits per heavy atom. The molecule has 100 valence electrons. The van der Waals surface area contributed by atoms with Crippen LogP contribution in [0.5, 0.6) is 11.5 Å². The van der Waals surface area contributed by atoms with Crippen molar-refractivity contribution < 1.29 is 14.4 Å². The van der Waals surface area contributed by atoms with Gasteiger partial charge in [-0.2, -0.15) is 0 Å². The number of unbranched alkanes of at least 4 members (excludes halogenated alkanes) is 1. The van der Waals surface area contributed by atoms with Gasteiger partial charge in [0.2, 0.25) is 0 Å². The molecule has 1 rings (SSSR count). The molecule has 0 unspecified atom stereocenters. The Bertz CT molecular complexity index is 423. The van der Waals surface area contributed by atoms with Gasteiger partial charge >= 0.3 is 0 Å². The fraction of sp³-hybridized carbons (Fsp3) is 0.500. The molecule has 1 aromatic carbocycles. The maximum atomic E-state index is 10.8. The van der Waals surface area contributed by atoms with Crippen LogP contribution in [0, 0.1) is 10.1 Å². The van der Waals surface area contributed by atoms with Crippen molar-refractivity contribution in [3.8, 4) is 11.5 Å². The van der Waals surface area contributed by atoms with Crippen LogP contribution < -0.4 is 9.47 Å². The zero-order chi connectivity index (χ0) is 13.5. The van der Waals surface area contributed by atoms with E-state index in [1.807, 2.05) is 13.8 Å². The van der Waals surface area contributed by atoms with Gasteiger partial charge in [0.25, 0.3) is 5.69 Å². The molecule has 0 saturated carbocycles. The van der Waals surface area contributed by atoms with Crippen LogP contribution in [0.1, 0.15) is 26.7 Å². The number of rotatable bonds is 7. The van der Waals surface area contributed by atoms with Crippen molar-refractivity contribution in [2.75, 3.05) is 13.2 Å². The number of ether oxygens (including phenoxy) is 2. The topological polar surface area (TPSA) is 61.6 Å². The Hall–Kier alpha value is -1.49. The summed E-state index contributed by atoms with van der Waals surface area (Å²) in [4.78, 5) is 10.2. The van der Waals surface area contributed by atoms with E-state index in [4.69, 9.17) is 21.1 Å². The lowest BCUT2D eigenvalue weighted by molar-refractivity contribution is -0.384. The van der Waals surface area contributed by atoms with Gasteiger partial charge in [0.15, 0.2) is 11.5 Å². The molecule has 0 bridgehead atoms. The zero-order valence-corrected chi connectivity index (χ0v) is 11.2. The Kier molecular flexibility index (Phi) is 5.71. The average molecular weight is 274 g/mol. The van der Waals surface area contributed by atoms with E-state index in [0.717, 1.165) is 12.8 Å². The number of hydrogen-bond acceptors (Lipinski definition) is 4. The van der Waals surface area contributed by atoms with Gasteiger partial charge in [-0.3, -0.25) is 10.1 Å². The first kappa shape index (κ1) is 14.6. The van der Waals surface area contributed by atoms with Gasteiger partial charge < -0.3 is 9.47 Å². The SMILES string of the molecule is CCCCOc1cc([N+](=O)[O-])cc(Cl)c1OCC. The second-order valence-corrected chi connectivity index (χ2v) is 4.05. The van der Waals surface area contributed by atoms with Crippen molar-refractivity contribution >= 4 is 17.3 Å². The number of nitro groups is 1. The highest BCUT2D eigenvalue weighted by Crippen LogP contribution is 2.39. The van der Waals surface area contributed by atoms with Gasteiger partial charge in [-0.1, -0.05) is 24.9 Å². The summed E-state index contributed by atoms with van der Waals surface area (Å²) in [5, 5.41) is 10.9. The minimum Gasteiger partial charge on any atom is -0.489 e. The van der Waals surface area contributed by atoms with E-state index in [0.29, 0.717) is 24.7 Å². The molecule has 0 spiro atoms. The third-order valence-electron chi connectivity index (χ3n) is 2.25. The molecule has 0 atom stereocenters. The van der Waals surface area contributed by atoms with Crippen molar-refractivity contribution in [2.45, 2.75) is 26.7 Å². The zero-order valence-electron chi connectivity index (χ0n) is 10.4. The molecule has 0 aliphatic rings. The molecule has 18 heavy (non-hydrogen) atoms. The first-order valence-corrected chi connectivity index (χ1v) is 6.21. The van der Waals surface area contributed by atoms with Crippen LogP contribution in [0.15, 0.2) is 12.1 Å². The Morgan fingerprint density at radius 2 is 2.06 bits per heavy atom. The first-order chi connectivity index (χ1) is 8.60. The maximum Gasteiger partial charge on any atom is 0.274 e. The number of nitrogens with zero attached hydrogens (tertiary/aromatic N) is 1. The summed E-state index contributed by atoms with van der Waals surface area (Å²) in [6.07, 6.45) is 1.85. The van der Waals surface area contributed by atoms with Gasteiger partial charge in [-0.25, -0.2) is 0 Å². The number of hydrogen-bond donors (Lipinski definition) is 0. The molecule has 0 aliphatic heterocycles. The van der Waals surface area contributed by atoms with Crippen LogP contribution >= 0.6 is 11.6 Å². The fourth-order valence-electron chi connectivity index (χ4n) is 1.38. The van der Waals surface area contributed by atoms with E-state index < -0.39 is 4.92 Å². The lowest BCUT2D eigenvalue weighted by Gasteiger charge is -2.12. The van der Waals surface area contributed by atoms with Crippen molar-refractivity contribution in [1.29, 1.82) is 0 Å². The van der Waals surface area contributed by atoms with Gasteiger partial charge in [-0.15, -0.1) is 0 Å². The van der Waals surface area contributed by atoms with Crippen LogP contribution in [0.3, 0.4) is 0 Å². The molecule has 5 nitrogen and oxygen atoms in total. The summed E-state index contributed by atoms with van der Waals surface area (Å²) in [6, 6.07) is 2.60. The van der Waals surface area contributed by atoms with Gasteiger partial charge in [0.1, 0.15) is 0 Å². The monoisotopic (exact) mass is 273 g/mol. The molecule has 0 radical (unpaired) electrons. The summed E-state index contributed by atoms with van der Waals surface area (Å²) in [5.74, 6) is 0.686. The van der Waals surface area contributed by atoms with Crippen molar-refractivity contribution in [2.24, 2.45) is 0 Å². The minimum atomic E-state index is -0.506. The number of benzene rings is 1. The van der Waals surface area contributed by atoms with Crippen LogP contribution in [0.25, 0.3) is 0 Å². The highest BCUT2D eigenvalue weighted by Gasteiger charge is 2.17. The Balaban J connectivity index is 3.03. The summed E-state index contributed by atoms with van der Waals surface area (Å²) in [6.45, 7) is 4.75. The average Bonchev–Trinajstić information content (AvgIpc) is 2.33. The predicted octanol–water partition coefficient (Wildman–Crippen LogP) is 3.83. The van der Waals surface area contributed by atoms with Crippen molar-refractivity contribution in [3.05, 3.63) is 27.3 Å². The number of non-ortho nitro benzene ring substituents is 1. The molecule has 6 heteroatoms. The van der Waals surface area contributed by atoms with Gasteiger partial charge in [-0.05, 0) is 13.3 Å². The molecular weight excluding hydrogens is 258 g/mol. The smallest absolute Gasteiger partial charge is 0.274 e. The van der Waals surface area contributed by atoms with Crippen LogP contribution in [-0.4, -0.2) is 18.1 Å². The highest BCUT2D eigenvalue weighted by atomic mass is 35.5. The van der Waals surface area contributed by atoms with Crippen LogP contribution in [-0.2, 0) is 0 Å². The van der Waals surface area contributed by atoms with Crippen molar-refractivity contribution in [3.63, 3.8) is 0 Å². The largest absolute Gasteiger partial charge is 0.489 e. The summed E-state index contributed by atoms with van der Waals surface area (Å²) in [5.41, 5.74) is -0.102. The molecule has 0 aromatic heterocycles. The van der Waals surface area contributed by atoms with Gasteiger partial charge in [0, 0.05) is 6.07 Å². The third kappa shape index (κ3) is 3.77. The molecule has 0 fully saturated rings. The maximum absolute atomic E-state index is 10.8. The number of nitro benzene ring substituents is 1. The van der Waals surface area contributed by atoms with E-state index in [9.17, 15) is 10.1 Å². The van der Waals surface area contributed by atoms with E-state index in [1.165, 1.54) is 12.1 Å². The molecule has 1 aromatic rings. The third-order valence-corrected chi connectivity index (χ3v) is 2.53. The van der Waals surface area contributed by atoms with E-state index in [1.54, 1.807) is 0 Å². The van der Waals surface area contributed by atoms with E-state index >= 15 is 0 Å².